The molecule has 0 saturated heterocycles. The Kier molecular flexibility index (Phi) is 5.72. The van der Waals surface area contributed by atoms with E-state index in [2.05, 4.69) is 15.0 Å². The Morgan fingerprint density at radius 3 is 2.63 bits per heavy atom. The molecule has 0 spiro atoms. The summed E-state index contributed by atoms with van der Waals surface area (Å²) in [5.74, 6) is -0.521. The number of ether oxygens (including phenoxy) is 1. The highest BCUT2D eigenvalue weighted by molar-refractivity contribution is 8.00. The third-order valence-corrected chi connectivity index (χ3v) is 5.77. The van der Waals surface area contributed by atoms with Crippen LogP contribution in [0.25, 0.3) is 10.9 Å². The van der Waals surface area contributed by atoms with Crippen molar-refractivity contribution in [1.82, 2.24) is 9.55 Å². The molecule has 0 radical (unpaired) electrons. The number of nitrogens with one attached hydrogen (secondary N) is 1. The smallest absolute Gasteiger partial charge is 0.387 e. The molecule has 1 amide bonds. The van der Waals surface area contributed by atoms with Crippen molar-refractivity contribution in [3.63, 3.8) is 0 Å². The van der Waals surface area contributed by atoms with E-state index in [-0.39, 0.29) is 23.0 Å². The lowest BCUT2D eigenvalue weighted by Gasteiger charge is -2.17. The van der Waals surface area contributed by atoms with Gasteiger partial charge in [0.05, 0.1) is 21.8 Å². The molecule has 1 N–H and O–H groups in total. The first-order valence-corrected chi connectivity index (χ1v) is 10.3. The van der Waals surface area contributed by atoms with Gasteiger partial charge in [-0.3, -0.25) is 14.2 Å². The number of rotatable bonds is 7. The van der Waals surface area contributed by atoms with Crippen LogP contribution in [0.5, 0.6) is 5.75 Å². The molecule has 2 aromatic carbocycles. The lowest BCUT2D eigenvalue weighted by molar-refractivity contribution is -0.115. The molecular weight excluding hydrogens is 412 g/mol. The average Bonchev–Trinajstić information content (AvgIpc) is 3.54. The summed E-state index contributed by atoms with van der Waals surface area (Å²) >= 11 is 1.17. The molecule has 1 saturated carbocycles. The third-order valence-electron chi connectivity index (χ3n) is 4.70. The summed E-state index contributed by atoms with van der Waals surface area (Å²) < 4.78 is 31.3. The quantitative estimate of drug-likeness (QED) is 0.442. The number of thioether (sulfide) groups is 1. The SMILES string of the molecule is CC(Sc1nc2ccccc2c(=O)n1C1CC1)C(=O)Nc1ccccc1OC(F)F. The third kappa shape index (κ3) is 4.30. The number of aromatic nitrogens is 2. The van der Waals surface area contributed by atoms with Crippen molar-refractivity contribution in [2.75, 3.05) is 5.32 Å². The van der Waals surface area contributed by atoms with Crippen LogP contribution < -0.4 is 15.6 Å². The molecule has 6 nitrogen and oxygen atoms in total. The van der Waals surface area contributed by atoms with Gasteiger partial charge in [-0.1, -0.05) is 36.0 Å². The molecule has 3 aromatic rings. The van der Waals surface area contributed by atoms with E-state index >= 15 is 0 Å². The first-order valence-electron chi connectivity index (χ1n) is 9.46. The number of amides is 1. The average molecular weight is 431 g/mol. The van der Waals surface area contributed by atoms with Crippen molar-refractivity contribution in [3.05, 3.63) is 58.9 Å². The molecule has 0 aliphatic heterocycles. The van der Waals surface area contributed by atoms with Gasteiger partial charge in [-0.2, -0.15) is 8.78 Å². The van der Waals surface area contributed by atoms with Crippen molar-refractivity contribution < 1.29 is 18.3 Å². The number of hydrogen-bond donors (Lipinski definition) is 1. The molecule has 1 aliphatic rings. The van der Waals surface area contributed by atoms with Gasteiger partial charge in [-0.15, -0.1) is 0 Å². The minimum atomic E-state index is -3.00. The van der Waals surface area contributed by atoms with Gasteiger partial charge in [-0.25, -0.2) is 4.98 Å². The highest BCUT2D eigenvalue weighted by Gasteiger charge is 2.30. The van der Waals surface area contributed by atoms with E-state index in [4.69, 9.17) is 0 Å². The standard InChI is InChI=1S/C21H19F2N3O3S/c1-12(18(27)24-16-8-4-5-9-17(16)29-20(22)23)30-21-25-15-7-3-2-6-14(15)19(28)26(21)13-10-11-13/h2-9,12-13,20H,10-11H2,1H3,(H,24,27). The predicted molar refractivity (Wildman–Crippen MR) is 111 cm³/mol. The largest absolute Gasteiger partial charge is 0.433 e. The number of fused-ring (bicyclic) bond motifs is 1. The monoisotopic (exact) mass is 431 g/mol. The van der Waals surface area contributed by atoms with Gasteiger partial charge in [0.1, 0.15) is 5.75 Å². The van der Waals surface area contributed by atoms with E-state index in [1.165, 1.54) is 23.9 Å². The summed E-state index contributed by atoms with van der Waals surface area (Å²) in [7, 11) is 0. The summed E-state index contributed by atoms with van der Waals surface area (Å²) in [6, 6.07) is 13.2. The predicted octanol–water partition coefficient (Wildman–Crippen LogP) is 4.45. The molecule has 156 valence electrons. The zero-order valence-corrected chi connectivity index (χ0v) is 16.9. The Labute approximate surface area is 175 Å². The number of hydrogen-bond acceptors (Lipinski definition) is 5. The van der Waals surface area contributed by atoms with Crippen LogP contribution in [-0.4, -0.2) is 27.3 Å². The second-order valence-electron chi connectivity index (χ2n) is 6.94. The number of alkyl halides is 2. The summed E-state index contributed by atoms with van der Waals surface area (Å²) in [6.07, 6.45) is 1.79. The number of carbonyl (C=O) groups is 1. The Balaban J connectivity index is 1.58. The van der Waals surface area contributed by atoms with E-state index in [9.17, 15) is 18.4 Å². The summed E-state index contributed by atoms with van der Waals surface area (Å²) in [5, 5.41) is 3.01. The van der Waals surface area contributed by atoms with Gasteiger partial charge >= 0.3 is 6.61 Å². The fourth-order valence-electron chi connectivity index (χ4n) is 3.08. The summed E-state index contributed by atoms with van der Waals surface area (Å²) in [4.78, 5) is 30.3. The van der Waals surface area contributed by atoms with E-state index in [0.29, 0.717) is 16.1 Å². The van der Waals surface area contributed by atoms with E-state index in [1.807, 2.05) is 0 Å². The molecule has 9 heteroatoms. The van der Waals surface area contributed by atoms with Crippen molar-refractivity contribution in [2.45, 2.75) is 42.8 Å². The Bertz CT molecular complexity index is 1150. The van der Waals surface area contributed by atoms with E-state index < -0.39 is 17.8 Å². The van der Waals surface area contributed by atoms with Crippen LogP contribution in [-0.2, 0) is 4.79 Å². The second-order valence-corrected chi connectivity index (χ2v) is 8.25. The number of benzene rings is 2. The first-order chi connectivity index (χ1) is 14.4. The van der Waals surface area contributed by atoms with Crippen LogP contribution in [0, 0.1) is 0 Å². The first kappa shape index (κ1) is 20.3. The maximum atomic E-state index is 12.9. The summed E-state index contributed by atoms with van der Waals surface area (Å²) in [6.45, 7) is -1.32. The fraction of sp³-hybridized carbons (Fsp3) is 0.286. The van der Waals surface area contributed by atoms with Crippen molar-refractivity contribution >= 4 is 34.3 Å². The van der Waals surface area contributed by atoms with E-state index in [0.717, 1.165) is 12.8 Å². The van der Waals surface area contributed by atoms with Crippen LogP contribution >= 0.6 is 11.8 Å². The molecule has 1 fully saturated rings. The lowest BCUT2D eigenvalue weighted by atomic mass is 10.2. The van der Waals surface area contributed by atoms with Crippen LogP contribution in [0.4, 0.5) is 14.5 Å². The van der Waals surface area contributed by atoms with Gasteiger partial charge in [0.15, 0.2) is 5.16 Å². The highest BCUT2D eigenvalue weighted by Crippen LogP contribution is 2.38. The minimum absolute atomic E-state index is 0.0903. The van der Waals surface area contributed by atoms with E-state index in [1.54, 1.807) is 47.9 Å². The molecule has 0 bridgehead atoms. The van der Waals surface area contributed by atoms with Gasteiger partial charge in [0.2, 0.25) is 5.91 Å². The maximum absolute atomic E-state index is 12.9. The number of carbonyl (C=O) groups excluding carboxylic acids is 1. The second kappa shape index (κ2) is 8.43. The van der Waals surface area contributed by atoms with Crippen molar-refractivity contribution in [2.24, 2.45) is 0 Å². The summed E-state index contributed by atoms with van der Waals surface area (Å²) in [5.41, 5.74) is 0.611. The van der Waals surface area contributed by atoms with Crippen molar-refractivity contribution in [1.29, 1.82) is 0 Å². The van der Waals surface area contributed by atoms with Crippen LogP contribution in [0.1, 0.15) is 25.8 Å². The van der Waals surface area contributed by atoms with Crippen LogP contribution in [0.3, 0.4) is 0 Å². The molecule has 1 aliphatic carbocycles. The molecule has 30 heavy (non-hydrogen) atoms. The molecule has 1 heterocycles. The van der Waals surface area contributed by atoms with Crippen LogP contribution in [0.15, 0.2) is 58.5 Å². The van der Waals surface area contributed by atoms with Gasteiger partial charge in [0.25, 0.3) is 5.56 Å². The number of halogens is 2. The number of nitrogens with zero attached hydrogens (tertiary/aromatic N) is 2. The fourth-order valence-corrected chi connectivity index (χ4v) is 4.06. The zero-order valence-electron chi connectivity index (χ0n) is 16.0. The molecule has 1 atom stereocenters. The zero-order chi connectivity index (χ0) is 21.3. The highest BCUT2D eigenvalue weighted by atomic mass is 32.2. The Morgan fingerprint density at radius 1 is 1.20 bits per heavy atom. The molecular formula is C21H19F2N3O3S. The number of anilines is 1. The Morgan fingerprint density at radius 2 is 1.90 bits per heavy atom. The van der Waals surface area contributed by atoms with Gasteiger partial charge < -0.3 is 10.1 Å². The normalized spacial score (nSPS) is 14.7. The minimum Gasteiger partial charge on any atom is -0.433 e. The van der Waals surface area contributed by atoms with Crippen LogP contribution in [0.2, 0.25) is 0 Å². The molecule has 1 aromatic heterocycles. The Hall–Kier alpha value is -2.94. The van der Waals surface area contributed by atoms with Crippen molar-refractivity contribution in [3.8, 4) is 5.75 Å². The lowest BCUT2D eigenvalue weighted by Crippen LogP contribution is -2.26. The molecule has 4 rings (SSSR count). The van der Waals surface area contributed by atoms with Gasteiger partial charge in [-0.05, 0) is 44.0 Å². The maximum Gasteiger partial charge on any atom is 0.387 e. The molecule has 1 unspecified atom stereocenters. The topological polar surface area (TPSA) is 73.2 Å². The number of para-hydroxylation sites is 3. The van der Waals surface area contributed by atoms with Gasteiger partial charge in [0, 0.05) is 6.04 Å².